The highest BCUT2D eigenvalue weighted by Gasteiger charge is 2.45. The summed E-state index contributed by atoms with van der Waals surface area (Å²) in [7, 11) is 2.92. The van der Waals surface area contributed by atoms with Crippen molar-refractivity contribution in [2.24, 2.45) is 5.41 Å². The number of methoxy groups -OCH3 is 2. The lowest BCUT2D eigenvalue weighted by atomic mass is 9.84. The Kier molecular flexibility index (Phi) is 4.93. The maximum absolute atomic E-state index is 12.3. The van der Waals surface area contributed by atoms with Crippen molar-refractivity contribution in [1.29, 1.82) is 0 Å². The molecule has 1 aliphatic heterocycles. The maximum Gasteiger partial charge on any atom is 0.321 e. The number of hydrogen-bond donors (Lipinski definition) is 0. The molecular formula is C12H21NO4. The minimum Gasteiger partial charge on any atom is -0.468 e. The van der Waals surface area contributed by atoms with E-state index < -0.39 is 11.4 Å². The summed E-state index contributed by atoms with van der Waals surface area (Å²) in [5, 5.41) is 0. The smallest absolute Gasteiger partial charge is 0.321 e. The van der Waals surface area contributed by atoms with Gasteiger partial charge in [0, 0.05) is 20.2 Å². The molecule has 0 bridgehead atoms. The summed E-state index contributed by atoms with van der Waals surface area (Å²) in [5.41, 5.74) is -1.03. The molecule has 0 spiro atoms. The van der Waals surface area contributed by atoms with E-state index >= 15 is 0 Å². The van der Waals surface area contributed by atoms with Gasteiger partial charge in [-0.2, -0.15) is 0 Å². The number of hydrogen-bond acceptors (Lipinski definition) is 4. The Morgan fingerprint density at radius 2 is 2.12 bits per heavy atom. The molecule has 17 heavy (non-hydrogen) atoms. The summed E-state index contributed by atoms with van der Waals surface area (Å²) in [6, 6.07) is 0. The molecule has 0 aromatic rings. The molecule has 0 aromatic carbocycles. The van der Waals surface area contributed by atoms with Crippen molar-refractivity contribution >= 4 is 11.9 Å². The minimum absolute atomic E-state index is 0.140. The van der Waals surface area contributed by atoms with Crippen LogP contribution in [0.5, 0.6) is 0 Å². The molecule has 1 atom stereocenters. The molecule has 1 fully saturated rings. The first kappa shape index (κ1) is 14.0. The van der Waals surface area contributed by atoms with Crippen LogP contribution in [0.25, 0.3) is 0 Å². The monoisotopic (exact) mass is 243 g/mol. The second kappa shape index (κ2) is 6.00. The van der Waals surface area contributed by atoms with Gasteiger partial charge in [0.05, 0.1) is 13.7 Å². The van der Waals surface area contributed by atoms with Crippen LogP contribution >= 0.6 is 0 Å². The zero-order valence-electron chi connectivity index (χ0n) is 10.8. The third-order valence-corrected chi connectivity index (χ3v) is 3.32. The van der Waals surface area contributed by atoms with Crippen LogP contribution in [0.2, 0.25) is 0 Å². The van der Waals surface area contributed by atoms with Crippen LogP contribution in [-0.4, -0.2) is 50.7 Å². The third kappa shape index (κ3) is 2.97. The Hall–Kier alpha value is -1.10. The lowest BCUT2D eigenvalue weighted by Gasteiger charge is -2.29. The van der Waals surface area contributed by atoms with Gasteiger partial charge in [0.2, 0.25) is 5.91 Å². The maximum atomic E-state index is 12.3. The highest BCUT2D eigenvalue weighted by molar-refractivity contribution is 6.02. The molecule has 0 N–H and O–H groups in total. The molecule has 0 saturated carbocycles. The van der Waals surface area contributed by atoms with Crippen LogP contribution in [0, 0.1) is 5.41 Å². The number of esters is 1. The fourth-order valence-corrected chi connectivity index (χ4v) is 2.17. The van der Waals surface area contributed by atoms with Gasteiger partial charge in [0.1, 0.15) is 5.41 Å². The number of carbonyl (C=O) groups is 2. The van der Waals surface area contributed by atoms with E-state index in [2.05, 4.69) is 0 Å². The summed E-state index contributed by atoms with van der Waals surface area (Å²) >= 11 is 0. The summed E-state index contributed by atoms with van der Waals surface area (Å²) in [6.07, 6.45) is 2.34. The van der Waals surface area contributed by atoms with E-state index in [0.29, 0.717) is 26.1 Å². The first-order valence-corrected chi connectivity index (χ1v) is 5.93. The first-order chi connectivity index (χ1) is 8.06. The molecule has 1 rings (SSSR count). The summed E-state index contributed by atoms with van der Waals surface area (Å²) in [4.78, 5) is 25.8. The second-order valence-electron chi connectivity index (χ2n) is 4.57. The van der Waals surface area contributed by atoms with Crippen molar-refractivity contribution in [2.75, 3.05) is 33.9 Å². The Bertz CT molecular complexity index is 292. The quantitative estimate of drug-likeness (QED) is 0.542. The number of carbonyl (C=O) groups excluding carboxylic acids is 2. The van der Waals surface area contributed by atoms with Crippen LogP contribution in [0.3, 0.4) is 0 Å². The fraction of sp³-hybridized carbons (Fsp3) is 0.833. The van der Waals surface area contributed by atoms with Gasteiger partial charge in [-0.25, -0.2) is 0 Å². The average Bonchev–Trinajstić information content (AvgIpc) is 2.48. The SMILES string of the molecule is COCCN1CCCCC(C)(C(=O)OC)C1=O. The van der Waals surface area contributed by atoms with E-state index in [1.54, 1.807) is 18.9 Å². The Labute approximate surface area is 102 Å². The van der Waals surface area contributed by atoms with Gasteiger partial charge in [-0.1, -0.05) is 6.42 Å². The standard InChI is InChI=1S/C12H21NO4/c1-12(11(15)17-3)6-4-5-7-13(10(12)14)8-9-16-2/h4-9H2,1-3H3. The number of rotatable bonds is 4. The molecule has 5 heteroatoms. The molecule has 0 radical (unpaired) electrons. The predicted molar refractivity (Wildman–Crippen MR) is 62.4 cm³/mol. The summed E-state index contributed by atoms with van der Waals surface area (Å²) < 4.78 is 9.73. The zero-order chi connectivity index (χ0) is 12.9. The predicted octanol–water partition coefficient (Wildman–Crippen LogP) is 0.825. The fourth-order valence-electron chi connectivity index (χ4n) is 2.17. The highest BCUT2D eigenvalue weighted by Crippen LogP contribution is 2.31. The van der Waals surface area contributed by atoms with Gasteiger partial charge in [0.25, 0.3) is 0 Å². The molecule has 98 valence electrons. The van der Waals surface area contributed by atoms with Crippen LogP contribution in [0.4, 0.5) is 0 Å². The molecule has 1 heterocycles. The molecule has 1 aliphatic rings. The van der Waals surface area contributed by atoms with E-state index in [9.17, 15) is 9.59 Å². The van der Waals surface area contributed by atoms with E-state index in [-0.39, 0.29) is 5.91 Å². The van der Waals surface area contributed by atoms with Crippen LogP contribution in [-0.2, 0) is 19.1 Å². The Balaban J connectivity index is 2.83. The van der Waals surface area contributed by atoms with Crippen molar-refractivity contribution in [1.82, 2.24) is 4.90 Å². The van der Waals surface area contributed by atoms with Crippen molar-refractivity contribution in [3.05, 3.63) is 0 Å². The Morgan fingerprint density at radius 3 is 2.71 bits per heavy atom. The largest absolute Gasteiger partial charge is 0.468 e. The van der Waals surface area contributed by atoms with Crippen molar-refractivity contribution in [2.45, 2.75) is 26.2 Å². The lowest BCUT2D eigenvalue weighted by molar-refractivity contribution is -0.162. The van der Waals surface area contributed by atoms with Crippen LogP contribution in [0.15, 0.2) is 0 Å². The van der Waals surface area contributed by atoms with Gasteiger partial charge in [-0.15, -0.1) is 0 Å². The number of nitrogens with zero attached hydrogens (tertiary/aromatic N) is 1. The highest BCUT2D eigenvalue weighted by atomic mass is 16.5. The summed E-state index contributed by atoms with van der Waals surface area (Å²) in [5.74, 6) is -0.578. The van der Waals surface area contributed by atoms with Gasteiger partial charge < -0.3 is 14.4 Å². The van der Waals surface area contributed by atoms with E-state index in [0.717, 1.165) is 12.8 Å². The number of likely N-dealkylation sites (tertiary alicyclic amines) is 1. The number of ether oxygens (including phenoxy) is 2. The van der Waals surface area contributed by atoms with Gasteiger partial charge in [-0.05, 0) is 19.8 Å². The molecule has 0 aliphatic carbocycles. The van der Waals surface area contributed by atoms with E-state index in [4.69, 9.17) is 9.47 Å². The molecular weight excluding hydrogens is 222 g/mol. The molecule has 5 nitrogen and oxygen atoms in total. The first-order valence-electron chi connectivity index (χ1n) is 5.93. The lowest BCUT2D eigenvalue weighted by Crippen LogP contribution is -2.47. The Morgan fingerprint density at radius 1 is 1.41 bits per heavy atom. The molecule has 1 unspecified atom stereocenters. The van der Waals surface area contributed by atoms with Gasteiger partial charge in [-0.3, -0.25) is 9.59 Å². The zero-order valence-corrected chi connectivity index (χ0v) is 10.8. The topological polar surface area (TPSA) is 55.8 Å². The normalized spacial score (nSPS) is 25.6. The van der Waals surface area contributed by atoms with Crippen LogP contribution < -0.4 is 0 Å². The van der Waals surface area contributed by atoms with E-state index in [1.807, 2.05) is 0 Å². The second-order valence-corrected chi connectivity index (χ2v) is 4.57. The molecule has 1 amide bonds. The van der Waals surface area contributed by atoms with Crippen molar-refractivity contribution in [3.63, 3.8) is 0 Å². The molecule has 1 saturated heterocycles. The number of amides is 1. The van der Waals surface area contributed by atoms with Crippen molar-refractivity contribution in [3.8, 4) is 0 Å². The van der Waals surface area contributed by atoms with E-state index in [1.165, 1.54) is 7.11 Å². The molecule has 0 aromatic heterocycles. The average molecular weight is 243 g/mol. The van der Waals surface area contributed by atoms with Gasteiger partial charge >= 0.3 is 5.97 Å². The van der Waals surface area contributed by atoms with Gasteiger partial charge in [0.15, 0.2) is 0 Å². The summed E-state index contributed by atoms with van der Waals surface area (Å²) in [6.45, 7) is 3.38. The van der Waals surface area contributed by atoms with Crippen molar-refractivity contribution < 1.29 is 19.1 Å². The minimum atomic E-state index is -1.03. The third-order valence-electron chi connectivity index (χ3n) is 3.32. The van der Waals surface area contributed by atoms with Crippen LogP contribution in [0.1, 0.15) is 26.2 Å².